The number of unbranched alkanes of at least 4 members (excludes halogenated alkanes) is 1. The van der Waals surface area contributed by atoms with E-state index in [0.29, 0.717) is 31.6 Å². The van der Waals surface area contributed by atoms with E-state index in [1.54, 1.807) is 51.1 Å². The first-order chi connectivity index (χ1) is 16.4. The summed E-state index contributed by atoms with van der Waals surface area (Å²) in [7, 11) is 1.26. The molecule has 35 heavy (non-hydrogen) atoms. The third-order valence-electron chi connectivity index (χ3n) is 4.66. The molecule has 0 unspecified atom stereocenters. The minimum absolute atomic E-state index is 0.132. The number of methoxy groups -OCH3 is 1. The minimum Gasteiger partial charge on any atom is -0.467 e. The lowest BCUT2D eigenvalue weighted by molar-refractivity contribution is -0.145. The molecule has 1 aromatic carbocycles. The van der Waals surface area contributed by atoms with E-state index >= 15 is 0 Å². The van der Waals surface area contributed by atoms with Crippen LogP contribution in [0.3, 0.4) is 0 Å². The third-order valence-corrected chi connectivity index (χ3v) is 4.66. The highest BCUT2D eigenvalue weighted by molar-refractivity contribution is 5.89. The summed E-state index contributed by atoms with van der Waals surface area (Å²) in [5.41, 5.74) is -0.595. The Morgan fingerprint density at radius 3 is 2.14 bits per heavy atom. The molecule has 0 heterocycles. The van der Waals surface area contributed by atoms with Crippen LogP contribution in [0.15, 0.2) is 30.3 Å². The number of benzene rings is 1. The molecule has 0 spiro atoms. The number of amides is 3. The number of hydrogen-bond donors (Lipinski definition) is 3. The van der Waals surface area contributed by atoms with Crippen LogP contribution in [0.25, 0.3) is 0 Å². The zero-order valence-corrected chi connectivity index (χ0v) is 21.5. The number of carbonyl (C=O) groups excluding carboxylic acids is 4. The zero-order chi connectivity index (χ0) is 26.4. The SMILES string of the molecule is COC(=O)[C@@H](CC(C)C)NC(=O)[C@@H](CCCCNC(=O)OC(C)(C)C)NC(=O)Oc1ccccc1. The second kappa shape index (κ2) is 14.9. The summed E-state index contributed by atoms with van der Waals surface area (Å²) in [4.78, 5) is 49.3. The van der Waals surface area contributed by atoms with E-state index in [9.17, 15) is 19.2 Å². The van der Waals surface area contributed by atoms with Gasteiger partial charge in [0.1, 0.15) is 23.4 Å². The van der Waals surface area contributed by atoms with E-state index < -0.39 is 41.7 Å². The molecular weight excluding hydrogens is 454 g/mol. The van der Waals surface area contributed by atoms with Gasteiger partial charge < -0.3 is 30.2 Å². The summed E-state index contributed by atoms with van der Waals surface area (Å²) in [6.45, 7) is 9.51. The molecule has 3 N–H and O–H groups in total. The largest absolute Gasteiger partial charge is 0.467 e. The Morgan fingerprint density at radius 2 is 1.57 bits per heavy atom. The molecule has 0 aliphatic carbocycles. The molecule has 0 saturated heterocycles. The van der Waals surface area contributed by atoms with Crippen molar-refractivity contribution in [1.82, 2.24) is 16.0 Å². The summed E-state index contributed by atoms with van der Waals surface area (Å²) in [6, 6.07) is 6.67. The Morgan fingerprint density at radius 1 is 0.914 bits per heavy atom. The number of alkyl carbamates (subject to hydrolysis) is 1. The average molecular weight is 494 g/mol. The van der Waals surface area contributed by atoms with Gasteiger partial charge in [0, 0.05) is 6.54 Å². The number of esters is 1. The zero-order valence-electron chi connectivity index (χ0n) is 21.5. The first-order valence-corrected chi connectivity index (χ1v) is 11.8. The van der Waals surface area contributed by atoms with E-state index in [4.69, 9.17) is 14.2 Å². The van der Waals surface area contributed by atoms with Gasteiger partial charge in [-0.15, -0.1) is 0 Å². The number of para-hydroxylation sites is 1. The molecule has 0 saturated carbocycles. The van der Waals surface area contributed by atoms with Gasteiger partial charge in [0.25, 0.3) is 0 Å². The Kier molecular flexibility index (Phi) is 12.6. The predicted octanol–water partition coefficient (Wildman–Crippen LogP) is 3.54. The molecule has 0 aliphatic rings. The molecule has 0 radical (unpaired) electrons. The fourth-order valence-electron chi connectivity index (χ4n) is 3.11. The number of nitrogens with one attached hydrogen (secondary N) is 3. The van der Waals surface area contributed by atoms with E-state index in [2.05, 4.69) is 16.0 Å². The van der Waals surface area contributed by atoms with Crippen LogP contribution in [0, 0.1) is 5.92 Å². The van der Waals surface area contributed by atoms with E-state index in [0.717, 1.165) is 0 Å². The van der Waals surface area contributed by atoms with E-state index in [1.165, 1.54) is 7.11 Å². The molecule has 0 aliphatic heterocycles. The quantitative estimate of drug-likeness (QED) is 0.300. The molecule has 10 nitrogen and oxygen atoms in total. The number of rotatable bonds is 12. The van der Waals surface area contributed by atoms with Crippen LogP contribution < -0.4 is 20.7 Å². The molecule has 2 atom stereocenters. The topological polar surface area (TPSA) is 132 Å². The van der Waals surface area contributed by atoms with Gasteiger partial charge in [-0.2, -0.15) is 0 Å². The van der Waals surface area contributed by atoms with Gasteiger partial charge in [-0.3, -0.25) is 4.79 Å². The Labute approximate surface area is 207 Å². The summed E-state index contributed by atoms with van der Waals surface area (Å²) in [5, 5.41) is 7.91. The van der Waals surface area contributed by atoms with Crippen LogP contribution in [0.2, 0.25) is 0 Å². The van der Waals surface area contributed by atoms with Crippen LogP contribution in [0.5, 0.6) is 5.75 Å². The second-order valence-electron chi connectivity index (χ2n) is 9.54. The highest BCUT2D eigenvalue weighted by Crippen LogP contribution is 2.11. The van der Waals surface area contributed by atoms with Crippen molar-refractivity contribution in [1.29, 1.82) is 0 Å². The fraction of sp³-hybridized carbons (Fsp3) is 0.600. The monoisotopic (exact) mass is 493 g/mol. The van der Waals surface area contributed by atoms with Gasteiger partial charge in [-0.1, -0.05) is 32.0 Å². The maximum atomic E-state index is 13.0. The maximum absolute atomic E-state index is 13.0. The van der Waals surface area contributed by atoms with Crippen LogP contribution in [-0.4, -0.2) is 55.4 Å². The minimum atomic E-state index is -0.952. The molecule has 0 fully saturated rings. The number of ether oxygens (including phenoxy) is 3. The Bertz CT molecular complexity index is 822. The molecule has 1 rings (SSSR count). The van der Waals surface area contributed by atoms with Gasteiger partial charge in [0.05, 0.1) is 7.11 Å². The van der Waals surface area contributed by atoms with Gasteiger partial charge in [-0.05, 0) is 64.5 Å². The van der Waals surface area contributed by atoms with Crippen molar-refractivity contribution in [2.45, 2.75) is 78.0 Å². The Hall–Kier alpha value is -3.30. The maximum Gasteiger partial charge on any atom is 0.413 e. The average Bonchev–Trinajstić information content (AvgIpc) is 2.76. The first kappa shape index (κ1) is 29.7. The Balaban J connectivity index is 2.74. The molecular formula is C25H39N3O7. The van der Waals surface area contributed by atoms with Crippen molar-refractivity contribution in [2.75, 3.05) is 13.7 Å². The summed E-state index contributed by atoms with van der Waals surface area (Å²) >= 11 is 0. The van der Waals surface area contributed by atoms with Crippen molar-refractivity contribution < 1.29 is 33.4 Å². The van der Waals surface area contributed by atoms with Crippen LogP contribution >= 0.6 is 0 Å². The van der Waals surface area contributed by atoms with Crippen molar-refractivity contribution in [3.8, 4) is 5.75 Å². The molecule has 1 aromatic rings. The normalized spacial score (nSPS) is 12.8. The van der Waals surface area contributed by atoms with Crippen molar-refractivity contribution >= 4 is 24.1 Å². The molecule has 3 amide bonds. The van der Waals surface area contributed by atoms with Crippen LogP contribution in [-0.2, 0) is 19.1 Å². The first-order valence-electron chi connectivity index (χ1n) is 11.8. The van der Waals surface area contributed by atoms with E-state index in [1.807, 2.05) is 13.8 Å². The summed E-state index contributed by atoms with van der Waals surface area (Å²) in [5.74, 6) is -0.615. The van der Waals surface area contributed by atoms with Gasteiger partial charge in [0.15, 0.2) is 0 Å². The highest BCUT2D eigenvalue weighted by atomic mass is 16.6. The van der Waals surface area contributed by atoms with Gasteiger partial charge in [-0.25, -0.2) is 14.4 Å². The lowest BCUT2D eigenvalue weighted by atomic mass is 10.0. The molecule has 10 heteroatoms. The van der Waals surface area contributed by atoms with Crippen LogP contribution in [0.1, 0.15) is 60.3 Å². The smallest absolute Gasteiger partial charge is 0.413 e. The number of hydrogen-bond acceptors (Lipinski definition) is 7. The van der Waals surface area contributed by atoms with Crippen molar-refractivity contribution in [3.05, 3.63) is 30.3 Å². The third kappa shape index (κ3) is 13.2. The lowest BCUT2D eigenvalue weighted by Crippen LogP contribution is -2.52. The molecule has 0 aromatic heterocycles. The van der Waals surface area contributed by atoms with Crippen LogP contribution in [0.4, 0.5) is 9.59 Å². The predicted molar refractivity (Wildman–Crippen MR) is 131 cm³/mol. The van der Waals surface area contributed by atoms with Gasteiger partial charge >= 0.3 is 18.2 Å². The summed E-state index contributed by atoms with van der Waals surface area (Å²) < 4.78 is 15.2. The highest BCUT2D eigenvalue weighted by Gasteiger charge is 2.28. The van der Waals surface area contributed by atoms with Gasteiger partial charge in [0.2, 0.25) is 5.91 Å². The van der Waals surface area contributed by atoms with E-state index in [-0.39, 0.29) is 12.3 Å². The fourth-order valence-corrected chi connectivity index (χ4v) is 3.11. The second-order valence-corrected chi connectivity index (χ2v) is 9.54. The van der Waals surface area contributed by atoms with Crippen molar-refractivity contribution in [3.63, 3.8) is 0 Å². The molecule has 196 valence electrons. The lowest BCUT2D eigenvalue weighted by Gasteiger charge is -2.23. The standard InChI is InChI=1S/C25H39N3O7/c1-17(2)16-20(22(30)33-6)27-21(29)19(28-24(32)34-18-12-8-7-9-13-18)14-10-11-15-26-23(31)35-25(3,4)5/h7-9,12-13,17,19-20H,10-11,14-16H2,1-6H3,(H,26,31)(H,27,29)(H,28,32)/t19-,20-/m1/s1. The molecule has 0 bridgehead atoms. The number of carbonyl (C=O) groups is 4. The van der Waals surface area contributed by atoms with Crippen molar-refractivity contribution in [2.24, 2.45) is 5.92 Å². The summed E-state index contributed by atoms with van der Waals surface area (Å²) in [6.07, 6.45) is 0.394.